The van der Waals surface area contributed by atoms with Crippen LogP contribution in [0.1, 0.15) is 49.9 Å². The van der Waals surface area contributed by atoms with Gasteiger partial charge in [0.1, 0.15) is 5.76 Å². The smallest absolute Gasteiger partial charge is 0.275 e. The van der Waals surface area contributed by atoms with E-state index in [1.807, 2.05) is 20.9 Å². The Balaban J connectivity index is 2.64. The number of hydrogen-bond donors (Lipinski definition) is 1. The molecule has 0 aliphatic rings. The van der Waals surface area contributed by atoms with Gasteiger partial charge in [0.25, 0.3) is 5.91 Å². The summed E-state index contributed by atoms with van der Waals surface area (Å²) in [5, 5.41) is 7.03. The van der Waals surface area contributed by atoms with Crippen molar-refractivity contribution in [1.82, 2.24) is 15.4 Å². The SMILES string of the molecule is CCCCc1cc(C(=O)N(C)CC(C)(C)NC)no1. The first-order valence-corrected chi connectivity index (χ1v) is 6.79. The Morgan fingerprint density at radius 2 is 2.21 bits per heavy atom. The number of aromatic nitrogens is 1. The molecule has 1 aromatic rings. The molecule has 0 bridgehead atoms. The first-order chi connectivity index (χ1) is 8.89. The topological polar surface area (TPSA) is 58.4 Å². The average Bonchev–Trinajstić information content (AvgIpc) is 2.83. The van der Waals surface area contributed by atoms with Crippen LogP contribution >= 0.6 is 0 Å². The van der Waals surface area contributed by atoms with Crippen LogP contribution in [0.2, 0.25) is 0 Å². The van der Waals surface area contributed by atoms with E-state index in [4.69, 9.17) is 4.52 Å². The molecule has 0 saturated carbocycles. The molecule has 0 aromatic carbocycles. The summed E-state index contributed by atoms with van der Waals surface area (Å²) in [5.41, 5.74) is 0.264. The Kier molecular flexibility index (Phi) is 5.54. The number of nitrogens with one attached hydrogen (secondary N) is 1. The zero-order valence-corrected chi connectivity index (χ0v) is 12.6. The Morgan fingerprint density at radius 1 is 1.53 bits per heavy atom. The third-order valence-electron chi connectivity index (χ3n) is 3.21. The molecule has 1 N–H and O–H groups in total. The van der Waals surface area contributed by atoms with Crippen molar-refractivity contribution in [2.75, 3.05) is 20.6 Å². The molecule has 1 aromatic heterocycles. The maximum atomic E-state index is 12.2. The van der Waals surface area contributed by atoms with Gasteiger partial charge in [-0.2, -0.15) is 0 Å². The molecule has 19 heavy (non-hydrogen) atoms. The molecule has 1 heterocycles. The van der Waals surface area contributed by atoms with Crippen LogP contribution in [-0.4, -0.2) is 42.1 Å². The lowest BCUT2D eigenvalue weighted by atomic mass is 10.1. The maximum absolute atomic E-state index is 12.2. The Morgan fingerprint density at radius 3 is 2.79 bits per heavy atom. The number of carbonyl (C=O) groups excluding carboxylic acids is 1. The van der Waals surface area contributed by atoms with Crippen LogP contribution in [0.15, 0.2) is 10.6 Å². The van der Waals surface area contributed by atoms with Crippen molar-refractivity contribution in [3.63, 3.8) is 0 Å². The Labute approximate surface area is 115 Å². The molecule has 0 aliphatic carbocycles. The molecule has 0 radical (unpaired) electrons. The second-order valence-electron chi connectivity index (χ2n) is 5.58. The minimum atomic E-state index is -0.126. The Bertz CT molecular complexity index is 413. The molecule has 108 valence electrons. The van der Waals surface area contributed by atoms with Crippen molar-refractivity contribution in [3.8, 4) is 0 Å². The van der Waals surface area contributed by atoms with Crippen LogP contribution in [0, 0.1) is 0 Å². The van der Waals surface area contributed by atoms with Gasteiger partial charge in [-0.1, -0.05) is 18.5 Å². The van der Waals surface area contributed by atoms with Gasteiger partial charge in [0, 0.05) is 31.6 Å². The van der Waals surface area contributed by atoms with E-state index >= 15 is 0 Å². The van der Waals surface area contributed by atoms with E-state index in [2.05, 4.69) is 17.4 Å². The van der Waals surface area contributed by atoms with Crippen molar-refractivity contribution in [2.45, 2.75) is 45.6 Å². The van der Waals surface area contributed by atoms with E-state index in [0.29, 0.717) is 12.2 Å². The van der Waals surface area contributed by atoms with Gasteiger partial charge in [-0.15, -0.1) is 0 Å². The van der Waals surface area contributed by atoms with E-state index in [9.17, 15) is 4.79 Å². The molecule has 1 rings (SSSR count). The number of aryl methyl sites for hydroxylation is 1. The van der Waals surface area contributed by atoms with Gasteiger partial charge in [0.2, 0.25) is 0 Å². The molecule has 0 fully saturated rings. The summed E-state index contributed by atoms with van der Waals surface area (Å²) in [7, 11) is 3.67. The predicted molar refractivity (Wildman–Crippen MR) is 75.2 cm³/mol. The van der Waals surface area contributed by atoms with Gasteiger partial charge in [0.05, 0.1) is 0 Å². The highest BCUT2D eigenvalue weighted by molar-refractivity contribution is 5.92. The molecule has 1 amide bonds. The molecule has 0 unspecified atom stereocenters. The van der Waals surface area contributed by atoms with Crippen LogP contribution in [0.25, 0.3) is 0 Å². The van der Waals surface area contributed by atoms with Crippen LogP contribution < -0.4 is 5.32 Å². The first kappa shape index (κ1) is 15.7. The molecule has 0 aliphatic heterocycles. The third kappa shape index (κ3) is 4.67. The normalized spacial score (nSPS) is 11.6. The van der Waals surface area contributed by atoms with Crippen molar-refractivity contribution in [3.05, 3.63) is 17.5 Å². The molecule has 0 saturated heterocycles. The van der Waals surface area contributed by atoms with Crippen molar-refractivity contribution in [1.29, 1.82) is 0 Å². The van der Waals surface area contributed by atoms with Gasteiger partial charge in [-0.05, 0) is 27.3 Å². The number of amides is 1. The van der Waals surface area contributed by atoms with Crippen molar-refractivity contribution < 1.29 is 9.32 Å². The van der Waals surface area contributed by atoms with Crippen LogP contribution in [-0.2, 0) is 6.42 Å². The zero-order valence-electron chi connectivity index (χ0n) is 12.6. The fourth-order valence-corrected chi connectivity index (χ4v) is 1.82. The Hall–Kier alpha value is -1.36. The number of hydrogen-bond acceptors (Lipinski definition) is 4. The van der Waals surface area contributed by atoms with Gasteiger partial charge in [0.15, 0.2) is 5.69 Å². The minimum Gasteiger partial charge on any atom is -0.361 e. The number of rotatable bonds is 7. The number of carbonyl (C=O) groups is 1. The lowest BCUT2D eigenvalue weighted by Crippen LogP contribution is -2.48. The minimum absolute atomic E-state index is 0.102. The number of nitrogens with zero attached hydrogens (tertiary/aromatic N) is 2. The molecule has 5 heteroatoms. The van der Waals surface area contributed by atoms with E-state index in [1.165, 1.54) is 0 Å². The number of likely N-dealkylation sites (N-methyl/N-ethyl adjacent to an activating group) is 2. The summed E-state index contributed by atoms with van der Waals surface area (Å²) in [6.07, 6.45) is 2.98. The summed E-state index contributed by atoms with van der Waals surface area (Å²) < 4.78 is 5.18. The lowest BCUT2D eigenvalue weighted by molar-refractivity contribution is 0.0749. The van der Waals surface area contributed by atoms with Crippen LogP contribution in [0.4, 0.5) is 0 Å². The lowest BCUT2D eigenvalue weighted by Gasteiger charge is -2.29. The molecule has 5 nitrogen and oxygen atoms in total. The quantitative estimate of drug-likeness (QED) is 0.822. The summed E-state index contributed by atoms with van der Waals surface area (Å²) >= 11 is 0. The van der Waals surface area contributed by atoms with Gasteiger partial charge in [-0.3, -0.25) is 4.79 Å². The number of unbranched alkanes of at least 4 members (excludes halogenated alkanes) is 1. The zero-order chi connectivity index (χ0) is 14.5. The molecular weight excluding hydrogens is 242 g/mol. The summed E-state index contributed by atoms with van der Waals surface area (Å²) in [6, 6.07) is 1.75. The second-order valence-corrected chi connectivity index (χ2v) is 5.58. The van der Waals surface area contributed by atoms with Crippen LogP contribution in [0.5, 0.6) is 0 Å². The maximum Gasteiger partial charge on any atom is 0.275 e. The van der Waals surface area contributed by atoms with E-state index in [1.54, 1.807) is 18.0 Å². The summed E-state index contributed by atoms with van der Waals surface area (Å²) in [4.78, 5) is 13.9. The fourth-order valence-electron chi connectivity index (χ4n) is 1.82. The highest BCUT2D eigenvalue weighted by Crippen LogP contribution is 2.11. The average molecular weight is 267 g/mol. The summed E-state index contributed by atoms with van der Waals surface area (Å²) in [6.45, 7) is 6.83. The van der Waals surface area contributed by atoms with E-state index in [-0.39, 0.29) is 11.4 Å². The third-order valence-corrected chi connectivity index (χ3v) is 3.21. The standard InChI is InChI=1S/C14H25N3O2/c1-6-7-8-11-9-12(16-19-11)13(18)17(5)10-14(2,3)15-4/h9,15H,6-8,10H2,1-5H3. The highest BCUT2D eigenvalue weighted by Gasteiger charge is 2.23. The molecule has 0 atom stereocenters. The largest absolute Gasteiger partial charge is 0.361 e. The first-order valence-electron chi connectivity index (χ1n) is 6.79. The predicted octanol–water partition coefficient (Wildman–Crippen LogP) is 2.09. The van der Waals surface area contributed by atoms with Crippen molar-refractivity contribution >= 4 is 5.91 Å². The van der Waals surface area contributed by atoms with E-state index < -0.39 is 0 Å². The summed E-state index contributed by atoms with van der Waals surface area (Å²) in [5.74, 6) is 0.682. The monoisotopic (exact) mass is 267 g/mol. The van der Waals surface area contributed by atoms with Gasteiger partial charge in [-0.25, -0.2) is 0 Å². The second kappa shape index (κ2) is 6.70. The van der Waals surface area contributed by atoms with E-state index in [0.717, 1.165) is 25.0 Å². The van der Waals surface area contributed by atoms with Gasteiger partial charge < -0.3 is 14.7 Å². The van der Waals surface area contributed by atoms with Gasteiger partial charge >= 0.3 is 0 Å². The van der Waals surface area contributed by atoms with Crippen LogP contribution in [0.3, 0.4) is 0 Å². The molecular formula is C14H25N3O2. The molecule has 0 spiro atoms. The van der Waals surface area contributed by atoms with Crippen molar-refractivity contribution in [2.24, 2.45) is 0 Å². The fraction of sp³-hybridized carbons (Fsp3) is 0.714. The highest BCUT2D eigenvalue weighted by atomic mass is 16.5.